The Hall–Kier alpha value is -0.940. The van der Waals surface area contributed by atoms with Crippen molar-refractivity contribution in [2.75, 3.05) is 6.54 Å². The van der Waals surface area contributed by atoms with Gasteiger partial charge in [-0.2, -0.15) is 0 Å². The summed E-state index contributed by atoms with van der Waals surface area (Å²) in [5.74, 6) is -0.350. The fraction of sp³-hybridized carbons (Fsp3) is 0.800. The second-order valence-electron chi connectivity index (χ2n) is 4.51. The van der Waals surface area contributed by atoms with E-state index in [1.807, 2.05) is 0 Å². The van der Waals surface area contributed by atoms with Crippen molar-refractivity contribution in [3.05, 3.63) is 0 Å². The third-order valence-corrected chi connectivity index (χ3v) is 2.77. The molecule has 0 aromatic carbocycles. The van der Waals surface area contributed by atoms with E-state index in [4.69, 9.17) is 5.73 Å². The van der Waals surface area contributed by atoms with Gasteiger partial charge in [-0.05, 0) is 26.7 Å². The summed E-state index contributed by atoms with van der Waals surface area (Å²) in [6, 6.07) is -1.34. The molecule has 1 fully saturated rings. The monoisotopic (exact) mass is 214 g/mol. The van der Waals surface area contributed by atoms with Crippen molar-refractivity contribution in [2.24, 2.45) is 5.73 Å². The number of carbonyl (C=O) groups is 2. The van der Waals surface area contributed by atoms with Crippen molar-refractivity contribution in [3.63, 3.8) is 0 Å². The lowest BCUT2D eigenvalue weighted by atomic mass is 9.98. The molecule has 1 heterocycles. The highest BCUT2D eigenvalue weighted by atomic mass is 16.3. The molecule has 5 nitrogen and oxygen atoms in total. The standard InChI is InChI=1S/C10H18N2O3/c1-10(2,15)8(11)9(14)12-5-3-4-7(12)6-13/h6-8,15H,3-5,11H2,1-2H3/t7-,8+/m0/s1. The zero-order chi connectivity index (χ0) is 11.6. The summed E-state index contributed by atoms with van der Waals surface area (Å²) in [5.41, 5.74) is 4.38. The van der Waals surface area contributed by atoms with Crippen molar-refractivity contribution < 1.29 is 14.7 Å². The van der Waals surface area contributed by atoms with Crippen LogP contribution in [0.4, 0.5) is 0 Å². The van der Waals surface area contributed by atoms with E-state index in [0.717, 1.165) is 12.7 Å². The molecule has 1 amide bonds. The van der Waals surface area contributed by atoms with Crippen LogP contribution < -0.4 is 5.73 Å². The molecule has 0 bridgehead atoms. The fourth-order valence-corrected chi connectivity index (χ4v) is 1.69. The summed E-state index contributed by atoms with van der Waals surface area (Å²) < 4.78 is 0. The van der Waals surface area contributed by atoms with Gasteiger partial charge in [-0.3, -0.25) is 4.79 Å². The number of rotatable bonds is 3. The van der Waals surface area contributed by atoms with Crippen LogP contribution in [-0.4, -0.2) is 46.4 Å². The Bertz CT molecular complexity index is 260. The largest absolute Gasteiger partial charge is 0.388 e. The molecular formula is C10H18N2O3. The lowest BCUT2D eigenvalue weighted by Gasteiger charge is -2.30. The van der Waals surface area contributed by atoms with Gasteiger partial charge < -0.3 is 20.5 Å². The maximum Gasteiger partial charge on any atom is 0.243 e. The topological polar surface area (TPSA) is 83.6 Å². The first kappa shape index (κ1) is 12.1. The quantitative estimate of drug-likeness (QED) is 0.607. The molecule has 1 rings (SSSR count). The maximum atomic E-state index is 11.8. The van der Waals surface area contributed by atoms with E-state index < -0.39 is 11.6 Å². The number of aldehydes is 1. The van der Waals surface area contributed by atoms with Crippen LogP contribution in [0.15, 0.2) is 0 Å². The minimum absolute atomic E-state index is 0.350. The van der Waals surface area contributed by atoms with Crippen LogP contribution in [0.2, 0.25) is 0 Å². The number of carbonyl (C=O) groups excluding carboxylic acids is 2. The summed E-state index contributed by atoms with van der Waals surface area (Å²) in [6.07, 6.45) is 2.27. The number of aliphatic hydroxyl groups is 1. The highest BCUT2D eigenvalue weighted by Gasteiger charge is 2.37. The van der Waals surface area contributed by atoms with Crippen LogP contribution in [0.25, 0.3) is 0 Å². The average Bonchev–Trinajstić information content (AvgIpc) is 2.61. The highest BCUT2D eigenvalue weighted by Crippen LogP contribution is 2.18. The molecule has 0 spiro atoms. The Labute approximate surface area is 89.2 Å². The molecule has 1 aliphatic rings. The van der Waals surface area contributed by atoms with Gasteiger partial charge >= 0.3 is 0 Å². The third kappa shape index (κ3) is 2.54. The van der Waals surface area contributed by atoms with Crippen LogP contribution in [0.3, 0.4) is 0 Å². The first-order valence-corrected chi connectivity index (χ1v) is 5.11. The van der Waals surface area contributed by atoms with E-state index in [0.29, 0.717) is 13.0 Å². The number of nitrogens with zero attached hydrogens (tertiary/aromatic N) is 1. The summed E-state index contributed by atoms with van der Waals surface area (Å²) in [7, 11) is 0. The van der Waals surface area contributed by atoms with Crippen LogP contribution >= 0.6 is 0 Å². The lowest BCUT2D eigenvalue weighted by Crippen LogP contribution is -2.55. The van der Waals surface area contributed by atoms with Gasteiger partial charge in [-0.1, -0.05) is 0 Å². The van der Waals surface area contributed by atoms with Gasteiger partial charge in [0, 0.05) is 6.54 Å². The summed E-state index contributed by atoms with van der Waals surface area (Å²) >= 11 is 0. The van der Waals surface area contributed by atoms with E-state index >= 15 is 0 Å². The van der Waals surface area contributed by atoms with E-state index in [9.17, 15) is 14.7 Å². The van der Waals surface area contributed by atoms with Gasteiger partial charge in [0.1, 0.15) is 12.3 Å². The first-order valence-electron chi connectivity index (χ1n) is 5.11. The van der Waals surface area contributed by atoms with E-state index in [1.165, 1.54) is 18.7 Å². The van der Waals surface area contributed by atoms with Crippen LogP contribution in [0.1, 0.15) is 26.7 Å². The molecule has 5 heteroatoms. The molecule has 0 aromatic rings. The molecular weight excluding hydrogens is 196 g/mol. The first-order chi connectivity index (χ1) is 6.88. The Morgan fingerprint density at radius 3 is 2.73 bits per heavy atom. The predicted octanol–water partition coefficient (Wildman–Crippen LogP) is -0.725. The minimum Gasteiger partial charge on any atom is -0.388 e. The predicted molar refractivity (Wildman–Crippen MR) is 55.1 cm³/mol. The molecule has 1 aliphatic heterocycles. The number of hydrogen-bond acceptors (Lipinski definition) is 4. The van der Waals surface area contributed by atoms with Gasteiger partial charge in [-0.15, -0.1) is 0 Å². The zero-order valence-electron chi connectivity index (χ0n) is 9.14. The molecule has 0 saturated carbocycles. The molecule has 15 heavy (non-hydrogen) atoms. The smallest absolute Gasteiger partial charge is 0.243 e. The second-order valence-corrected chi connectivity index (χ2v) is 4.51. The second kappa shape index (κ2) is 4.28. The average molecular weight is 214 g/mol. The van der Waals surface area contributed by atoms with E-state index in [1.54, 1.807) is 0 Å². The van der Waals surface area contributed by atoms with Crippen molar-refractivity contribution in [2.45, 2.75) is 44.4 Å². The highest BCUT2D eigenvalue weighted by molar-refractivity contribution is 5.85. The number of nitrogens with two attached hydrogens (primary N) is 1. The molecule has 0 unspecified atom stereocenters. The van der Waals surface area contributed by atoms with Crippen molar-refractivity contribution >= 4 is 12.2 Å². The van der Waals surface area contributed by atoms with Gasteiger partial charge in [0.15, 0.2) is 0 Å². The zero-order valence-corrected chi connectivity index (χ0v) is 9.14. The maximum absolute atomic E-state index is 11.8. The summed E-state index contributed by atoms with van der Waals surface area (Å²) in [6.45, 7) is 3.52. The van der Waals surface area contributed by atoms with E-state index in [2.05, 4.69) is 0 Å². The summed E-state index contributed by atoms with van der Waals surface area (Å²) in [4.78, 5) is 24.0. The van der Waals surface area contributed by atoms with Crippen LogP contribution in [0, 0.1) is 0 Å². The molecule has 86 valence electrons. The normalized spacial score (nSPS) is 24.0. The van der Waals surface area contributed by atoms with Crippen LogP contribution in [0.5, 0.6) is 0 Å². The Morgan fingerprint density at radius 2 is 2.27 bits per heavy atom. The number of likely N-dealkylation sites (tertiary alicyclic amines) is 1. The van der Waals surface area contributed by atoms with Gasteiger partial charge in [-0.25, -0.2) is 0 Å². The molecule has 1 saturated heterocycles. The minimum atomic E-state index is -1.26. The fourth-order valence-electron chi connectivity index (χ4n) is 1.69. The Kier molecular flexibility index (Phi) is 3.46. The van der Waals surface area contributed by atoms with Crippen molar-refractivity contribution in [3.8, 4) is 0 Å². The van der Waals surface area contributed by atoms with Gasteiger partial charge in [0.2, 0.25) is 5.91 Å². The van der Waals surface area contributed by atoms with Gasteiger partial charge in [0.05, 0.1) is 11.6 Å². The van der Waals surface area contributed by atoms with Crippen molar-refractivity contribution in [1.82, 2.24) is 4.90 Å². The molecule has 3 N–H and O–H groups in total. The Balaban J connectivity index is 2.72. The number of hydrogen-bond donors (Lipinski definition) is 2. The molecule has 0 radical (unpaired) electrons. The van der Waals surface area contributed by atoms with Crippen molar-refractivity contribution in [1.29, 1.82) is 0 Å². The molecule has 0 aromatic heterocycles. The molecule has 0 aliphatic carbocycles. The molecule has 2 atom stereocenters. The number of amides is 1. The lowest BCUT2D eigenvalue weighted by molar-refractivity contribution is -0.140. The van der Waals surface area contributed by atoms with Crippen LogP contribution in [-0.2, 0) is 9.59 Å². The third-order valence-electron chi connectivity index (χ3n) is 2.77. The van der Waals surface area contributed by atoms with E-state index in [-0.39, 0.29) is 11.9 Å². The SMILES string of the molecule is CC(C)(O)[C@H](N)C(=O)N1CCC[C@H]1C=O. The summed E-state index contributed by atoms with van der Waals surface area (Å²) in [5, 5.41) is 9.62. The Morgan fingerprint density at radius 1 is 1.67 bits per heavy atom. The van der Waals surface area contributed by atoms with Gasteiger partial charge in [0.25, 0.3) is 0 Å².